The average Bonchev–Trinajstić information content (AvgIpc) is 2.17. The predicted octanol–water partition coefficient (Wildman–Crippen LogP) is 1.94. The van der Waals surface area contributed by atoms with Gasteiger partial charge in [0.25, 0.3) is 0 Å². The predicted molar refractivity (Wildman–Crippen MR) is 35.2 cm³/mol. The third kappa shape index (κ3) is 1.56. The normalized spacial score (nSPS) is 10.0. The Kier molecular flexibility index (Phi) is 1.88. The fourth-order valence-corrected chi connectivity index (χ4v) is 0.731. The van der Waals surface area contributed by atoms with E-state index in [4.69, 9.17) is 4.42 Å². The lowest BCUT2D eigenvalue weighted by atomic mass is 10.3. The average molecular weight is 125 g/mol. The molecule has 1 aromatic heterocycles. The molecule has 50 valence electrons. The maximum absolute atomic E-state index is 5.09. The Bertz CT molecular complexity index is 181. The Hall–Kier alpha value is -0.790. The molecule has 9 heavy (non-hydrogen) atoms. The van der Waals surface area contributed by atoms with Gasteiger partial charge in [0.2, 0.25) is 0 Å². The summed E-state index contributed by atoms with van der Waals surface area (Å²) < 4.78 is 5.09. The minimum Gasteiger partial charge on any atom is -0.449 e. The number of nitrogens with zero attached hydrogens (tertiary/aromatic N) is 1. The molecule has 0 aromatic carbocycles. The SMILES string of the molecule is CCCc1nc(C)co1. The topological polar surface area (TPSA) is 26.0 Å². The number of aryl methyl sites for hydroxylation is 2. The second-order valence-corrected chi connectivity index (χ2v) is 2.13. The van der Waals surface area contributed by atoms with Crippen molar-refractivity contribution in [3.8, 4) is 0 Å². The second-order valence-electron chi connectivity index (χ2n) is 2.13. The molecule has 0 unspecified atom stereocenters. The van der Waals surface area contributed by atoms with E-state index in [9.17, 15) is 0 Å². The van der Waals surface area contributed by atoms with Crippen LogP contribution in [0.1, 0.15) is 24.9 Å². The van der Waals surface area contributed by atoms with Crippen molar-refractivity contribution in [3.05, 3.63) is 17.8 Å². The zero-order chi connectivity index (χ0) is 6.69. The molecule has 1 rings (SSSR count). The van der Waals surface area contributed by atoms with Crippen LogP contribution in [0.3, 0.4) is 0 Å². The van der Waals surface area contributed by atoms with Gasteiger partial charge in [-0.1, -0.05) is 6.92 Å². The van der Waals surface area contributed by atoms with Crippen LogP contribution in [-0.4, -0.2) is 4.98 Å². The van der Waals surface area contributed by atoms with Crippen LogP contribution >= 0.6 is 0 Å². The van der Waals surface area contributed by atoms with Gasteiger partial charge in [0.1, 0.15) is 6.26 Å². The molecule has 0 spiro atoms. The van der Waals surface area contributed by atoms with Crippen LogP contribution in [-0.2, 0) is 6.42 Å². The number of oxazole rings is 1. The molecule has 1 aromatic rings. The highest BCUT2D eigenvalue weighted by atomic mass is 16.3. The van der Waals surface area contributed by atoms with Gasteiger partial charge in [-0.2, -0.15) is 0 Å². The summed E-state index contributed by atoms with van der Waals surface area (Å²) in [7, 11) is 0. The minimum absolute atomic E-state index is 0.856. The summed E-state index contributed by atoms with van der Waals surface area (Å²) in [5.41, 5.74) is 0.971. The first-order valence-corrected chi connectivity index (χ1v) is 3.24. The van der Waals surface area contributed by atoms with Gasteiger partial charge >= 0.3 is 0 Å². The first-order chi connectivity index (χ1) is 4.33. The van der Waals surface area contributed by atoms with E-state index in [1.165, 1.54) is 0 Å². The Morgan fingerprint density at radius 1 is 1.67 bits per heavy atom. The van der Waals surface area contributed by atoms with Crippen molar-refractivity contribution in [2.75, 3.05) is 0 Å². The molecule has 0 radical (unpaired) electrons. The largest absolute Gasteiger partial charge is 0.449 e. The van der Waals surface area contributed by atoms with E-state index in [1.807, 2.05) is 6.92 Å². The fourth-order valence-electron chi connectivity index (χ4n) is 0.731. The van der Waals surface area contributed by atoms with Crippen molar-refractivity contribution >= 4 is 0 Å². The molecular formula is C7H11NO. The minimum atomic E-state index is 0.856. The van der Waals surface area contributed by atoms with Gasteiger partial charge in [-0.25, -0.2) is 4.98 Å². The first kappa shape index (κ1) is 6.33. The summed E-state index contributed by atoms with van der Waals surface area (Å²) in [6.45, 7) is 4.04. The van der Waals surface area contributed by atoms with E-state index < -0.39 is 0 Å². The zero-order valence-corrected chi connectivity index (χ0v) is 5.85. The second kappa shape index (κ2) is 2.67. The first-order valence-electron chi connectivity index (χ1n) is 3.24. The van der Waals surface area contributed by atoms with E-state index >= 15 is 0 Å². The number of hydrogen-bond donors (Lipinski definition) is 0. The van der Waals surface area contributed by atoms with Crippen LogP contribution in [0.4, 0.5) is 0 Å². The maximum atomic E-state index is 5.09. The lowest BCUT2D eigenvalue weighted by Crippen LogP contribution is -1.81. The molecule has 1 heterocycles. The molecule has 0 saturated heterocycles. The Balaban J connectivity index is 2.61. The molecule has 0 N–H and O–H groups in total. The Morgan fingerprint density at radius 2 is 2.44 bits per heavy atom. The lowest BCUT2D eigenvalue weighted by molar-refractivity contribution is 0.491. The number of hydrogen-bond acceptors (Lipinski definition) is 2. The summed E-state index contributed by atoms with van der Waals surface area (Å²) >= 11 is 0. The molecule has 0 aliphatic carbocycles. The van der Waals surface area contributed by atoms with E-state index in [0.29, 0.717) is 0 Å². The smallest absolute Gasteiger partial charge is 0.194 e. The van der Waals surface area contributed by atoms with Crippen LogP contribution < -0.4 is 0 Å². The van der Waals surface area contributed by atoms with E-state index in [0.717, 1.165) is 24.4 Å². The van der Waals surface area contributed by atoms with Gasteiger partial charge in [0.05, 0.1) is 5.69 Å². The van der Waals surface area contributed by atoms with Crippen molar-refractivity contribution in [1.82, 2.24) is 4.98 Å². The third-order valence-corrected chi connectivity index (χ3v) is 1.13. The van der Waals surface area contributed by atoms with Gasteiger partial charge in [0.15, 0.2) is 5.89 Å². The Labute approximate surface area is 54.9 Å². The van der Waals surface area contributed by atoms with E-state index in [-0.39, 0.29) is 0 Å². The molecule has 2 heteroatoms. The van der Waals surface area contributed by atoms with Crippen LogP contribution in [0.2, 0.25) is 0 Å². The Morgan fingerprint density at radius 3 is 2.89 bits per heavy atom. The zero-order valence-electron chi connectivity index (χ0n) is 5.85. The molecular weight excluding hydrogens is 114 g/mol. The van der Waals surface area contributed by atoms with Gasteiger partial charge in [-0.15, -0.1) is 0 Å². The van der Waals surface area contributed by atoms with Crippen LogP contribution in [0.15, 0.2) is 10.7 Å². The molecule has 0 saturated carbocycles. The molecule has 0 aliphatic heterocycles. The molecule has 0 atom stereocenters. The number of aromatic nitrogens is 1. The summed E-state index contributed by atoms with van der Waals surface area (Å²) in [6.07, 6.45) is 3.73. The highest BCUT2D eigenvalue weighted by Gasteiger charge is 1.95. The van der Waals surface area contributed by atoms with Crippen molar-refractivity contribution in [3.63, 3.8) is 0 Å². The van der Waals surface area contributed by atoms with Crippen LogP contribution in [0, 0.1) is 6.92 Å². The summed E-state index contributed by atoms with van der Waals surface area (Å²) in [6, 6.07) is 0. The monoisotopic (exact) mass is 125 g/mol. The van der Waals surface area contributed by atoms with Gasteiger partial charge in [0, 0.05) is 6.42 Å². The molecule has 0 aliphatic rings. The van der Waals surface area contributed by atoms with E-state index in [2.05, 4.69) is 11.9 Å². The lowest BCUT2D eigenvalue weighted by Gasteiger charge is -1.84. The van der Waals surface area contributed by atoms with Crippen molar-refractivity contribution in [1.29, 1.82) is 0 Å². The van der Waals surface area contributed by atoms with Crippen molar-refractivity contribution < 1.29 is 4.42 Å². The van der Waals surface area contributed by atoms with Gasteiger partial charge < -0.3 is 4.42 Å². The molecule has 2 nitrogen and oxygen atoms in total. The summed E-state index contributed by atoms with van der Waals surface area (Å²) in [5.74, 6) is 0.856. The quantitative estimate of drug-likeness (QED) is 0.603. The summed E-state index contributed by atoms with van der Waals surface area (Å²) in [4.78, 5) is 4.13. The van der Waals surface area contributed by atoms with Crippen molar-refractivity contribution in [2.24, 2.45) is 0 Å². The summed E-state index contributed by atoms with van der Waals surface area (Å²) in [5, 5.41) is 0. The standard InChI is InChI=1S/C7H11NO/c1-3-4-7-8-6(2)5-9-7/h5H,3-4H2,1-2H3. The maximum Gasteiger partial charge on any atom is 0.194 e. The van der Waals surface area contributed by atoms with Crippen molar-refractivity contribution in [2.45, 2.75) is 26.7 Å². The third-order valence-electron chi connectivity index (χ3n) is 1.13. The van der Waals surface area contributed by atoms with Gasteiger partial charge in [-0.3, -0.25) is 0 Å². The number of rotatable bonds is 2. The molecule has 0 amide bonds. The fraction of sp³-hybridized carbons (Fsp3) is 0.571. The molecule has 0 fully saturated rings. The van der Waals surface area contributed by atoms with Crippen LogP contribution in [0.25, 0.3) is 0 Å². The highest BCUT2D eigenvalue weighted by molar-refractivity contribution is 4.92. The van der Waals surface area contributed by atoms with Crippen LogP contribution in [0.5, 0.6) is 0 Å². The van der Waals surface area contributed by atoms with E-state index in [1.54, 1.807) is 6.26 Å². The highest BCUT2D eigenvalue weighted by Crippen LogP contribution is 2.01. The van der Waals surface area contributed by atoms with Gasteiger partial charge in [-0.05, 0) is 13.3 Å². The molecule has 0 bridgehead atoms.